The lowest BCUT2D eigenvalue weighted by atomic mass is 10.1. The predicted molar refractivity (Wildman–Crippen MR) is 132 cm³/mol. The van der Waals surface area contributed by atoms with Crippen molar-refractivity contribution in [2.75, 3.05) is 50.9 Å². The number of urea groups is 1. The molecule has 0 saturated carbocycles. The second-order valence-corrected chi connectivity index (χ2v) is 10.9. The van der Waals surface area contributed by atoms with Gasteiger partial charge in [-0.3, -0.25) is 9.69 Å². The Bertz CT molecular complexity index is 1150. The van der Waals surface area contributed by atoms with Crippen LogP contribution >= 0.6 is 11.6 Å². The lowest BCUT2D eigenvalue weighted by molar-refractivity contribution is 0.102. The van der Waals surface area contributed by atoms with Gasteiger partial charge in [-0.25, -0.2) is 22.5 Å². The number of carbonyl (C=O) groups excluding carboxylic acids is 2. The summed E-state index contributed by atoms with van der Waals surface area (Å²) in [6.45, 7) is 6.82. The van der Waals surface area contributed by atoms with E-state index in [1.54, 1.807) is 11.0 Å². The van der Waals surface area contributed by atoms with Crippen molar-refractivity contribution in [2.45, 2.75) is 24.8 Å². The standard InChI is InChI=1S/C22H29ClN6O4S/c1-15(2)28-9-11-29(12-10-28)22(31)25-19-7-6-17(34(32,33)27(3)4)13-18(19)21(30)26-20-8-5-16(23)14-24-20/h5-8,13-15H,9-12H2,1-4H3,(H,25,31)(H,24,26,30). The van der Waals surface area contributed by atoms with Crippen molar-refractivity contribution in [1.82, 2.24) is 19.1 Å². The molecule has 1 saturated heterocycles. The molecule has 2 heterocycles. The highest BCUT2D eigenvalue weighted by Gasteiger charge is 2.25. The van der Waals surface area contributed by atoms with Crippen molar-refractivity contribution in [3.05, 3.63) is 47.1 Å². The number of nitrogens with zero attached hydrogens (tertiary/aromatic N) is 4. The molecular formula is C22H29ClN6O4S. The average molecular weight is 509 g/mol. The van der Waals surface area contributed by atoms with Gasteiger partial charge in [0.1, 0.15) is 5.82 Å². The Balaban J connectivity index is 1.87. The number of amides is 3. The van der Waals surface area contributed by atoms with Crippen LogP contribution in [0.3, 0.4) is 0 Å². The Kier molecular flexibility index (Phi) is 8.13. The predicted octanol–water partition coefficient (Wildman–Crippen LogP) is 2.80. The second-order valence-electron chi connectivity index (χ2n) is 8.36. The van der Waals surface area contributed by atoms with Crippen LogP contribution in [0.15, 0.2) is 41.4 Å². The van der Waals surface area contributed by atoms with Crippen molar-refractivity contribution in [3.8, 4) is 0 Å². The van der Waals surface area contributed by atoms with Crippen molar-refractivity contribution in [1.29, 1.82) is 0 Å². The van der Waals surface area contributed by atoms with E-state index in [1.165, 1.54) is 44.6 Å². The minimum atomic E-state index is -3.80. The van der Waals surface area contributed by atoms with Gasteiger partial charge in [-0.05, 0) is 44.2 Å². The van der Waals surface area contributed by atoms with E-state index in [0.29, 0.717) is 24.2 Å². The van der Waals surface area contributed by atoms with Crippen molar-refractivity contribution < 1.29 is 18.0 Å². The molecule has 12 heteroatoms. The smallest absolute Gasteiger partial charge is 0.321 e. The number of aromatic nitrogens is 1. The molecule has 10 nitrogen and oxygen atoms in total. The van der Waals surface area contributed by atoms with E-state index in [0.717, 1.165) is 17.4 Å². The highest BCUT2D eigenvalue weighted by molar-refractivity contribution is 7.89. The molecule has 1 fully saturated rings. The van der Waals surface area contributed by atoms with E-state index < -0.39 is 15.9 Å². The van der Waals surface area contributed by atoms with Gasteiger partial charge in [-0.15, -0.1) is 0 Å². The van der Waals surface area contributed by atoms with Crippen LogP contribution in [-0.2, 0) is 10.0 Å². The summed E-state index contributed by atoms with van der Waals surface area (Å²) in [4.78, 5) is 33.9. The molecule has 0 unspecified atom stereocenters. The molecule has 1 aromatic carbocycles. The molecule has 34 heavy (non-hydrogen) atoms. The minimum absolute atomic E-state index is 0.00570. The normalized spacial score (nSPS) is 15.0. The number of hydrogen-bond acceptors (Lipinski definition) is 6. The van der Waals surface area contributed by atoms with E-state index in [-0.39, 0.29) is 28.0 Å². The maximum atomic E-state index is 13.1. The molecule has 2 N–H and O–H groups in total. The van der Waals surface area contributed by atoms with Crippen LogP contribution < -0.4 is 10.6 Å². The maximum absolute atomic E-state index is 13.1. The molecule has 2 aromatic rings. The molecule has 0 atom stereocenters. The van der Waals surface area contributed by atoms with Crippen molar-refractivity contribution >= 4 is 45.1 Å². The van der Waals surface area contributed by atoms with Gasteiger partial charge in [0.15, 0.2) is 0 Å². The number of piperazine rings is 1. The van der Waals surface area contributed by atoms with Crippen LogP contribution in [0, 0.1) is 0 Å². The number of pyridine rings is 1. The summed E-state index contributed by atoms with van der Waals surface area (Å²) < 4.78 is 26.3. The van der Waals surface area contributed by atoms with Crippen LogP contribution in [0.4, 0.5) is 16.3 Å². The van der Waals surface area contributed by atoms with E-state index in [4.69, 9.17) is 11.6 Å². The molecular weight excluding hydrogens is 480 g/mol. The summed E-state index contributed by atoms with van der Waals surface area (Å²) >= 11 is 5.85. The Labute approximate surface area is 204 Å². The van der Waals surface area contributed by atoms with Crippen molar-refractivity contribution in [3.63, 3.8) is 0 Å². The monoisotopic (exact) mass is 508 g/mol. The first-order valence-corrected chi connectivity index (χ1v) is 12.6. The fourth-order valence-electron chi connectivity index (χ4n) is 3.46. The molecule has 0 aliphatic carbocycles. The fourth-order valence-corrected chi connectivity index (χ4v) is 4.50. The van der Waals surface area contributed by atoms with Crippen LogP contribution in [0.2, 0.25) is 5.02 Å². The summed E-state index contributed by atoms with van der Waals surface area (Å²) in [5, 5.41) is 5.79. The summed E-state index contributed by atoms with van der Waals surface area (Å²) in [6.07, 6.45) is 1.38. The minimum Gasteiger partial charge on any atom is -0.322 e. The number of carbonyl (C=O) groups is 2. The molecule has 3 rings (SSSR count). The summed E-state index contributed by atoms with van der Waals surface area (Å²) in [7, 11) is -0.996. The maximum Gasteiger partial charge on any atom is 0.321 e. The number of anilines is 2. The number of sulfonamides is 1. The van der Waals surface area contributed by atoms with Gasteiger partial charge in [0, 0.05) is 52.5 Å². The second kappa shape index (κ2) is 10.7. The quantitative estimate of drug-likeness (QED) is 0.620. The zero-order valence-electron chi connectivity index (χ0n) is 19.6. The SMILES string of the molecule is CC(C)N1CCN(C(=O)Nc2ccc(S(=O)(=O)N(C)C)cc2C(=O)Nc2ccc(Cl)cn2)CC1. The molecule has 1 aliphatic heterocycles. The molecule has 3 amide bonds. The van der Waals surface area contributed by atoms with E-state index >= 15 is 0 Å². The highest BCUT2D eigenvalue weighted by atomic mass is 35.5. The zero-order valence-corrected chi connectivity index (χ0v) is 21.2. The number of halogens is 1. The Hall–Kier alpha value is -2.73. The van der Waals surface area contributed by atoms with E-state index in [9.17, 15) is 18.0 Å². The van der Waals surface area contributed by atoms with Crippen LogP contribution in [-0.4, -0.2) is 85.8 Å². The zero-order chi connectivity index (χ0) is 25.0. The molecule has 0 radical (unpaired) electrons. The third-order valence-corrected chi connectivity index (χ3v) is 7.59. The first-order valence-electron chi connectivity index (χ1n) is 10.8. The number of nitrogens with one attached hydrogen (secondary N) is 2. The van der Waals surface area contributed by atoms with Gasteiger partial charge in [0.2, 0.25) is 10.0 Å². The molecule has 1 aliphatic rings. The summed E-state index contributed by atoms with van der Waals surface area (Å²) in [6, 6.07) is 7.15. The van der Waals surface area contributed by atoms with Crippen LogP contribution in [0.1, 0.15) is 24.2 Å². The number of hydrogen-bond donors (Lipinski definition) is 2. The fraction of sp³-hybridized carbons (Fsp3) is 0.409. The van der Waals surface area contributed by atoms with Gasteiger partial charge >= 0.3 is 6.03 Å². The van der Waals surface area contributed by atoms with E-state index in [2.05, 4.69) is 34.4 Å². The highest BCUT2D eigenvalue weighted by Crippen LogP contribution is 2.24. The third kappa shape index (κ3) is 6.03. The van der Waals surface area contributed by atoms with Gasteiger partial charge in [0.25, 0.3) is 5.91 Å². The van der Waals surface area contributed by atoms with Gasteiger partial charge < -0.3 is 15.5 Å². The number of rotatable bonds is 6. The third-order valence-electron chi connectivity index (χ3n) is 5.56. The van der Waals surface area contributed by atoms with Gasteiger partial charge in [0.05, 0.1) is 21.2 Å². The molecule has 184 valence electrons. The summed E-state index contributed by atoms with van der Waals surface area (Å²) in [5.74, 6) is -0.386. The Morgan fingerprint density at radius 2 is 1.74 bits per heavy atom. The van der Waals surface area contributed by atoms with Gasteiger partial charge in [-0.2, -0.15) is 0 Å². The largest absolute Gasteiger partial charge is 0.322 e. The molecule has 0 spiro atoms. The number of benzene rings is 1. The lowest BCUT2D eigenvalue weighted by Gasteiger charge is -2.36. The molecule has 0 bridgehead atoms. The summed E-state index contributed by atoms with van der Waals surface area (Å²) in [5.41, 5.74) is 0.189. The van der Waals surface area contributed by atoms with Crippen LogP contribution in [0.5, 0.6) is 0 Å². The Morgan fingerprint density at radius 1 is 1.06 bits per heavy atom. The topological polar surface area (TPSA) is 115 Å². The van der Waals surface area contributed by atoms with Gasteiger partial charge in [-0.1, -0.05) is 11.6 Å². The lowest BCUT2D eigenvalue weighted by Crippen LogP contribution is -2.51. The first-order chi connectivity index (χ1) is 16.0. The Morgan fingerprint density at radius 3 is 2.29 bits per heavy atom. The van der Waals surface area contributed by atoms with E-state index in [1.807, 2.05) is 0 Å². The first kappa shape index (κ1) is 25.9. The van der Waals surface area contributed by atoms with Crippen molar-refractivity contribution in [2.24, 2.45) is 0 Å². The van der Waals surface area contributed by atoms with Crippen LogP contribution in [0.25, 0.3) is 0 Å². The molecule has 1 aromatic heterocycles. The average Bonchev–Trinajstić information content (AvgIpc) is 2.80.